The number of hydrogen-bond acceptors (Lipinski definition) is 3. The van der Waals surface area contributed by atoms with Crippen LogP contribution in [0, 0.1) is 0 Å². The van der Waals surface area contributed by atoms with Crippen molar-refractivity contribution < 1.29 is 4.79 Å². The maximum absolute atomic E-state index is 10.5. The first-order valence-corrected chi connectivity index (χ1v) is 5.55. The van der Waals surface area contributed by atoms with Crippen LogP contribution in [0.3, 0.4) is 0 Å². The van der Waals surface area contributed by atoms with Crippen molar-refractivity contribution in [1.82, 2.24) is 0 Å². The Morgan fingerprint density at radius 1 is 0.667 bits per heavy atom. The van der Waals surface area contributed by atoms with Crippen LogP contribution in [0.2, 0.25) is 0 Å². The maximum Gasteiger partial charge on any atom is 0.150 e. The van der Waals surface area contributed by atoms with Gasteiger partial charge in [0.05, 0.1) is 12.4 Å². The van der Waals surface area contributed by atoms with E-state index in [0.29, 0.717) is 5.56 Å². The molecule has 0 saturated carbocycles. The number of carbonyl (C=O) groups is 1. The molecule has 0 heterocycles. The van der Waals surface area contributed by atoms with Crippen LogP contribution in [0.4, 0.5) is 0 Å². The van der Waals surface area contributed by atoms with Gasteiger partial charge in [-0.2, -0.15) is 10.2 Å². The summed E-state index contributed by atoms with van der Waals surface area (Å²) in [7, 11) is 0. The van der Waals surface area contributed by atoms with Gasteiger partial charge in [0.25, 0.3) is 0 Å². The highest BCUT2D eigenvalue weighted by atomic mass is 16.1. The summed E-state index contributed by atoms with van der Waals surface area (Å²) in [6.07, 6.45) is 4.15. The van der Waals surface area contributed by atoms with E-state index >= 15 is 0 Å². The monoisotopic (exact) mass is 236 g/mol. The third-order valence-electron chi connectivity index (χ3n) is 2.35. The zero-order valence-electron chi connectivity index (χ0n) is 9.73. The fraction of sp³-hybridized carbons (Fsp3) is 0. The highest BCUT2D eigenvalue weighted by Gasteiger charge is 1.89. The highest BCUT2D eigenvalue weighted by Crippen LogP contribution is 2.00. The van der Waals surface area contributed by atoms with Crippen LogP contribution in [0.1, 0.15) is 21.5 Å². The number of benzene rings is 2. The normalized spacial score (nSPS) is 11.1. The minimum Gasteiger partial charge on any atom is -0.298 e. The first-order chi connectivity index (χ1) is 8.88. The highest BCUT2D eigenvalue weighted by molar-refractivity contribution is 5.84. The third-order valence-corrected chi connectivity index (χ3v) is 2.35. The van der Waals surface area contributed by atoms with Gasteiger partial charge in [0.15, 0.2) is 0 Å². The third kappa shape index (κ3) is 3.49. The molecule has 0 aliphatic rings. The summed E-state index contributed by atoms with van der Waals surface area (Å²) in [5, 5.41) is 7.90. The smallest absolute Gasteiger partial charge is 0.150 e. The first-order valence-electron chi connectivity index (χ1n) is 5.55. The Morgan fingerprint density at radius 3 is 1.72 bits per heavy atom. The van der Waals surface area contributed by atoms with Gasteiger partial charge >= 0.3 is 0 Å². The molecule has 0 unspecified atom stereocenters. The van der Waals surface area contributed by atoms with Crippen LogP contribution < -0.4 is 0 Å². The standard InChI is InChI=1S/C15H12N2O/c18-12-15-8-6-14(7-9-15)11-17-16-10-13-4-2-1-3-5-13/h1-12H/b16-10+,17-11+. The number of aldehydes is 1. The molecule has 0 radical (unpaired) electrons. The van der Waals surface area contributed by atoms with Crippen molar-refractivity contribution in [2.24, 2.45) is 10.2 Å². The first kappa shape index (κ1) is 11.9. The average Bonchev–Trinajstić information content (AvgIpc) is 2.45. The molecule has 0 fully saturated rings. The minimum atomic E-state index is 0.653. The summed E-state index contributed by atoms with van der Waals surface area (Å²) < 4.78 is 0. The zero-order chi connectivity index (χ0) is 12.6. The van der Waals surface area contributed by atoms with Crippen LogP contribution in [0.25, 0.3) is 0 Å². The van der Waals surface area contributed by atoms with E-state index in [2.05, 4.69) is 10.2 Å². The van der Waals surface area contributed by atoms with Crippen LogP contribution in [-0.2, 0) is 0 Å². The van der Waals surface area contributed by atoms with Gasteiger partial charge in [-0.3, -0.25) is 4.79 Å². The predicted octanol–water partition coefficient (Wildman–Crippen LogP) is 2.95. The van der Waals surface area contributed by atoms with Gasteiger partial charge in [-0.1, -0.05) is 54.6 Å². The summed E-state index contributed by atoms with van der Waals surface area (Å²) in [6.45, 7) is 0. The number of carbonyl (C=O) groups excluding carboxylic acids is 1. The van der Waals surface area contributed by atoms with E-state index < -0.39 is 0 Å². The van der Waals surface area contributed by atoms with Crippen molar-refractivity contribution >= 4 is 18.7 Å². The van der Waals surface area contributed by atoms with Crippen molar-refractivity contribution in [3.05, 3.63) is 71.3 Å². The van der Waals surface area contributed by atoms with Crippen LogP contribution in [-0.4, -0.2) is 18.7 Å². The maximum atomic E-state index is 10.5. The second kappa shape index (κ2) is 6.25. The molecular formula is C15H12N2O. The summed E-state index contributed by atoms with van der Waals surface area (Å²) in [5.74, 6) is 0. The van der Waals surface area contributed by atoms with E-state index in [1.807, 2.05) is 42.5 Å². The molecule has 18 heavy (non-hydrogen) atoms. The molecule has 2 rings (SSSR count). The van der Waals surface area contributed by atoms with E-state index in [1.54, 1.807) is 24.6 Å². The van der Waals surface area contributed by atoms with E-state index in [-0.39, 0.29) is 0 Å². The molecule has 3 heteroatoms. The number of hydrogen-bond donors (Lipinski definition) is 0. The van der Waals surface area contributed by atoms with Gasteiger partial charge in [-0.25, -0.2) is 0 Å². The predicted molar refractivity (Wildman–Crippen MR) is 73.5 cm³/mol. The molecule has 88 valence electrons. The van der Waals surface area contributed by atoms with Crippen molar-refractivity contribution in [2.45, 2.75) is 0 Å². The van der Waals surface area contributed by atoms with Crippen molar-refractivity contribution in [1.29, 1.82) is 0 Å². The Morgan fingerprint density at radius 2 is 1.17 bits per heavy atom. The van der Waals surface area contributed by atoms with E-state index in [0.717, 1.165) is 17.4 Å². The molecule has 0 N–H and O–H groups in total. The lowest BCUT2D eigenvalue weighted by molar-refractivity contribution is 0.112. The lowest BCUT2D eigenvalue weighted by Crippen LogP contribution is -1.83. The van der Waals surface area contributed by atoms with Gasteiger partial charge in [-0.05, 0) is 11.1 Å². The second-order valence-electron chi connectivity index (χ2n) is 3.68. The molecule has 0 bridgehead atoms. The Hall–Kier alpha value is -2.55. The molecule has 2 aromatic carbocycles. The van der Waals surface area contributed by atoms with Crippen molar-refractivity contribution in [2.75, 3.05) is 0 Å². The Bertz CT molecular complexity index is 557. The summed E-state index contributed by atoms with van der Waals surface area (Å²) >= 11 is 0. The Labute approximate surface area is 106 Å². The lowest BCUT2D eigenvalue weighted by atomic mass is 10.2. The molecule has 0 spiro atoms. The largest absolute Gasteiger partial charge is 0.298 e. The SMILES string of the molecule is O=Cc1ccc(/C=N/N=C/c2ccccc2)cc1. The molecule has 2 aromatic rings. The Kier molecular flexibility index (Phi) is 4.14. The fourth-order valence-corrected chi connectivity index (χ4v) is 1.40. The van der Waals surface area contributed by atoms with Gasteiger partial charge in [0.2, 0.25) is 0 Å². The van der Waals surface area contributed by atoms with Crippen LogP contribution >= 0.6 is 0 Å². The summed E-state index contributed by atoms with van der Waals surface area (Å²) in [5.41, 5.74) is 2.57. The molecule has 0 aromatic heterocycles. The molecule has 3 nitrogen and oxygen atoms in total. The molecule has 0 atom stereocenters. The molecule has 0 aliphatic carbocycles. The molecular weight excluding hydrogens is 224 g/mol. The minimum absolute atomic E-state index is 0.653. The molecule has 0 aliphatic heterocycles. The summed E-state index contributed by atoms with van der Waals surface area (Å²) in [4.78, 5) is 10.5. The zero-order valence-corrected chi connectivity index (χ0v) is 9.73. The van der Waals surface area contributed by atoms with E-state index in [9.17, 15) is 4.79 Å². The molecule has 0 amide bonds. The lowest BCUT2D eigenvalue weighted by Gasteiger charge is -1.91. The summed E-state index contributed by atoms with van der Waals surface area (Å²) in [6, 6.07) is 16.9. The Balaban J connectivity index is 1.98. The van der Waals surface area contributed by atoms with Gasteiger partial charge in [0, 0.05) is 5.56 Å². The van der Waals surface area contributed by atoms with Crippen LogP contribution in [0.5, 0.6) is 0 Å². The van der Waals surface area contributed by atoms with Crippen molar-refractivity contribution in [3.8, 4) is 0 Å². The van der Waals surface area contributed by atoms with Gasteiger partial charge < -0.3 is 0 Å². The van der Waals surface area contributed by atoms with Crippen LogP contribution in [0.15, 0.2) is 64.8 Å². The number of nitrogens with zero attached hydrogens (tertiary/aromatic N) is 2. The van der Waals surface area contributed by atoms with E-state index in [4.69, 9.17) is 0 Å². The van der Waals surface area contributed by atoms with Gasteiger partial charge in [-0.15, -0.1) is 0 Å². The molecule has 0 saturated heterocycles. The average molecular weight is 236 g/mol. The number of rotatable bonds is 4. The van der Waals surface area contributed by atoms with Crippen molar-refractivity contribution in [3.63, 3.8) is 0 Å². The fourth-order valence-electron chi connectivity index (χ4n) is 1.40. The van der Waals surface area contributed by atoms with E-state index in [1.165, 1.54) is 0 Å². The topological polar surface area (TPSA) is 41.8 Å². The van der Waals surface area contributed by atoms with Gasteiger partial charge in [0.1, 0.15) is 6.29 Å². The quantitative estimate of drug-likeness (QED) is 0.457. The second-order valence-corrected chi connectivity index (χ2v) is 3.68.